The molecule has 0 aliphatic rings. The minimum Gasteiger partial charge on any atom is -0.494 e. The molecule has 0 aromatic heterocycles. The number of halogens is 2. The lowest BCUT2D eigenvalue weighted by molar-refractivity contribution is -0.140. The van der Waals surface area contributed by atoms with Gasteiger partial charge in [-0.25, -0.2) is 8.42 Å². The quantitative estimate of drug-likeness (QED) is 0.126. The second-order valence-corrected chi connectivity index (χ2v) is 13.6. The fourth-order valence-electron chi connectivity index (χ4n) is 5.02. The maximum atomic E-state index is 14.6. The first kappa shape index (κ1) is 35.8. The first-order valence-corrected chi connectivity index (χ1v) is 17.7. The molecule has 0 fully saturated rings. The number of nitrogens with zero attached hydrogens (tertiary/aromatic N) is 2. The van der Waals surface area contributed by atoms with Crippen LogP contribution in [0.4, 0.5) is 5.69 Å². The molecule has 0 bridgehead atoms. The summed E-state index contributed by atoms with van der Waals surface area (Å²) in [5, 5.41) is 3.72. The summed E-state index contributed by atoms with van der Waals surface area (Å²) < 4.78 is 34.9. The van der Waals surface area contributed by atoms with Crippen molar-refractivity contribution in [2.24, 2.45) is 0 Å². The molecule has 0 heterocycles. The van der Waals surface area contributed by atoms with Crippen molar-refractivity contribution in [3.63, 3.8) is 0 Å². The van der Waals surface area contributed by atoms with Crippen LogP contribution in [0.3, 0.4) is 0 Å². The monoisotopic (exact) mass is 695 g/mol. The van der Waals surface area contributed by atoms with Crippen molar-refractivity contribution in [3.05, 3.63) is 124 Å². The molecule has 0 aliphatic heterocycles. The minimum absolute atomic E-state index is 0.0205. The molecule has 1 atom stereocenters. The van der Waals surface area contributed by atoms with Gasteiger partial charge in [-0.3, -0.25) is 13.9 Å². The third-order valence-corrected chi connectivity index (χ3v) is 9.88. The van der Waals surface area contributed by atoms with Gasteiger partial charge in [-0.15, -0.1) is 0 Å². The van der Waals surface area contributed by atoms with Gasteiger partial charge in [0.2, 0.25) is 11.8 Å². The highest BCUT2D eigenvalue weighted by Gasteiger charge is 2.35. The van der Waals surface area contributed by atoms with Gasteiger partial charge in [0.25, 0.3) is 10.0 Å². The number of nitrogens with one attached hydrogen (secondary N) is 1. The van der Waals surface area contributed by atoms with Crippen molar-refractivity contribution < 1.29 is 22.7 Å². The molecule has 0 saturated carbocycles. The van der Waals surface area contributed by atoms with E-state index >= 15 is 0 Å². The number of unbranched alkanes of at least 4 members (excludes halogenated alkanes) is 1. The van der Waals surface area contributed by atoms with Gasteiger partial charge in [0.1, 0.15) is 18.3 Å². The molecule has 0 radical (unpaired) electrons. The number of hydrogen-bond acceptors (Lipinski definition) is 5. The van der Waals surface area contributed by atoms with Gasteiger partial charge in [-0.2, -0.15) is 0 Å². The van der Waals surface area contributed by atoms with Crippen LogP contribution in [0.1, 0.15) is 37.8 Å². The Balaban J connectivity index is 1.80. The summed E-state index contributed by atoms with van der Waals surface area (Å²) >= 11 is 12.8. The Hall–Kier alpha value is -4.05. The van der Waals surface area contributed by atoms with E-state index in [-0.39, 0.29) is 29.5 Å². The Labute approximate surface area is 287 Å². The van der Waals surface area contributed by atoms with Crippen LogP contribution in [0.25, 0.3) is 0 Å². The summed E-state index contributed by atoms with van der Waals surface area (Å²) in [6, 6.07) is 27.7. The van der Waals surface area contributed by atoms with Crippen LogP contribution in [0.15, 0.2) is 108 Å². The van der Waals surface area contributed by atoms with Crippen LogP contribution in [0.5, 0.6) is 5.75 Å². The topological polar surface area (TPSA) is 96.0 Å². The zero-order valence-electron chi connectivity index (χ0n) is 26.4. The highest BCUT2D eigenvalue weighted by molar-refractivity contribution is 7.92. The maximum absolute atomic E-state index is 14.6. The SMILES string of the molecule is CCCCNC(=O)[C@H](Cc1ccccc1)N(Cc1ccc(Cl)cc1Cl)C(=O)CN(c1ccc(OCC)cc1)S(=O)(=O)c1ccccc1. The van der Waals surface area contributed by atoms with Crippen molar-refractivity contribution in [1.29, 1.82) is 0 Å². The predicted octanol–water partition coefficient (Wildman–Crippen LogP) is 7.14. The molecule has 0 aliphatic carbocycles. The maximum Gasteiger partial charge on any atom is 0.264 e. The van der Waals surface area contributed by atoms with E-state index in [4.69, 9.17) is 27.9 Å². The second kappa shape index (κ2) is 17.2. The third-order valence-electron chi connectivity index (χ3n) is 7.50. The average Bonchev–Trinajstić information content (AvgIpc) is 3.07. The largest absolute Gasteiger partial charge is 0.494 e. The summed E-state index contributed by atoms with van der Waals surface area (Å²) in [7, 11) is -4.22. The van der Waals surface area contributed by atoms with Crippen molar-refractivity contribution in [2.45, 2.75) is 50.6 Å². The Morgan fingerprint density at radius 1 is 0.872 bits per heavy atom. The van der Waals surface area contributed by atoms with Gasteiger partial charge in [0, 0.05) is 29.6 Å². The summed E-state index contributed by atoms with van der Waals surface area (Å²) in [6.07, 6.45) is 1.84. The van der Waals surface area contributed by atoms with Crippen LogP contribution >= 0.6 is 23.2 Å². The molecule has 11 heteroatoms. The normalized spacial score (nSPS) is 11.8. The Bertz CT molecular complexity index is 1720. The van der Waals surface area contributed by atoms with Crippen LogP contribution in [-0.2, 0) is 32.6 Å². The van der Waals surface area contributed by atoms with Gasteiger partial charge in [-0.1, -0.05) is 91.1 Å². The van der Waals surface area contributed by atoms with Gasteiger partial charge in [0.05, 0.1) is 17.2 Å². The lowest BCUT2D eigenvalue weighted by Gasteiger charge is -2.34. The average molecular weight is 697 g/mol. The number of anilines is 1. The third kappa shape index (κ3) is 9.73. The van der Waals surface area contributed by atoms with Gasteiger partial charge in [-0.05, 0) is 73.0 Å². The molecule has 8 nitrogen and oxygen atoms in total. The standard InChI is InChI=1S/C36H39Cl2N3O5S/c1-3-5-22-39-36(43)34(23-27-12-8-6-9-13-27)40(25-28-16-17-29(37)24-33(28)38)35(42)26-41(30-18-20-31(21-19-30)46-4-2)47(44,45)32-14-10-7-11-15-32/h6-21,24,34H,3-5,22-23,25-26H2,1-2H3,(H,39,43)/t34-/m0/s1. The van der Waals surface area contributed by atoms with E-state index in [9.17, 15) is 18.0 Å². The van der Waals surface area contributed by atoms with Gasteiger partial charge in [0.15, 0.2) is 0 Å². The molecule has 0 spiro atoms. The molecule has 1 N–H and O–H groups in total. The number of sulfonamides is 1. The lowest BCUT2D eigenvalue weighted by Crippen LogP contribution is -2.53. The molecule has 4 aromatic carbocycles. The number of hydrogen-bond donors (Lipinski definition) is 1. The minimum atomic E-state index is -4.22. The molecular weight excluding hydrogens is 657 g/mol. The van der Waals surface area contributed by atoms with E-state index < -0.39 is 28.5 Å². The van der Waals surface area contributed by atoms with Crippen LogP contribution in [0.2, 0.25) is 10.0 Å². The number of rotatable bonds is 16. The van der Waals surface area contributed by atoms with Crippen molar-refractivity contribution in [1.82, 2.24) is 10.2 Å². The summed E-state index contributed by atoms with van der Waals surface area (Å²) in [5.41, 5.74) is 1.66. The first-order chi connectivity index (χ1) is 22.6. The van der Waals surface area contributed by atoms with Crippen LogP contribution < -0.4 is 14.4 Å². The molecular formula is C36H39Cl2N3O5S. The number of amides is 2. The number of benzene rings is 4. The predicted molar refractivity (Wildman–Crippen MR) is 187 cm³/mol. The molecule has 248 valence electrons. The van der Waals surface area contributed by atoms with E-state index in [0.29, 0.717) is 34.5 Å². The highest BCUT2D eigenvalue weighted by atomic mass is 35.5. The summed E-state index contributed by atoms with van der Waals surface area (Å²) in [5.74, 6) is -0.374. The zero-order valence-corrected chi connectivity index (χ0v) is 28.8. The van der Waals surface area contributed by atoms with Crippen molar-refractivity contribution in [3.8, 4) is 5.75 Å². The smallest absolute Gasteiger partial charge is 0.264 e. The number of carbonyl (C=O) groups excluding carboxylic acids is 2. The number of ether oxygens (including phenoxy) is 1. The van der Waals surface area contributed by atoms with E-state index in [1.165, 1.54) is 17.0 Å². The summed E-state index contributed by atoms with van der Waals surface area (Å²) in [4.78, 5) is 29.9. The van der Waals surface area contributed by atoms with E-state index in [0.717, 1.165) is 22.7 Å². The molecule has 0 unspecified atom stereocenters. The Kier molecular flexibility index (Phi) is 13.1. The molecule has 47 heavy (non-hydrogen) atoms. The molecule has 4 rings (SSSR count). The molecule has 2 amide bonds. The van der Waals surface area contributed by atoms with E-state index in [2.05, 4.69) is 5.32 Å². The second-order valence-electron chi connectivity index (χ2n) is 10.9. The van der Waals surface area contributed by atoms with Crippen molar-refractivity contribution >= 4 is 50.7 Å². The van der Waals surface area contributed by atoms with Gasteiger partial charge >= 0.3 is 0 Å². The Morgan fingerprint density at radius 3 is 2.15 bits per heavy atom. The Morgan fingerprint density at radius 2 is 1.53 bits per heavy atom. The molecule has 0 saturated heterocycles. The fourth-order valence-corrected chi connectivity index (χ4v) is 6.92. The highest BCUT2D eigenvalue weighted by Crippen LogP contribution is 2.28. The van der Waals surface area contributed by atoms with Gasteiger partial charge < -0.3 is 15.0 Å². The van der Waals surface area contributed by atoms with Crippen molar-refractivity contribution in [2.75, 3.05) is 24.0 Å². The van der Waals surface area contributed by atoms with Crippen LogP contribution in [-0.4, -0.2) is 50.9 Å². The first-order valence-electron chi connectivity index (χ1n) is 15.5. The summed E-state index contributed by atoms with van der Waals surface area (Å²) in [6.45, 7) is 4.11. The fraction of sp³-hybridized carbons (Fsp3) is 0.278. The number of carbonyl (C=O) groups is 2. The van der Waals surface area contributed by atoms with E-state index in [1.807, 2.05) is 44.2 Å². The molecule has 4 aromatic rings. The lowest BCUT2D eigenvalue weighted by atomic mass is 10.0. The van der Waals surface area contributed by atoms with Crippen LogP contribution in [0, 0.1) is 0 Å². The zero-order chi connectivity index (χ0) is 33.8. The van der Waals surface area contributed by atoms with E-state index in [1.54, 1.807) is 60.7 Å².